The number of carbonyl (C=O) groups excluding carboxylic acids is 2. The van der Waals surface area contributed by atoms with Crippen LogP contribution in [0.15, 0.2) is 84.6 Å². The van der Waals surface area contributed by atoms with E-state index >= 15 is 0 Å². The zero-order chi connectivity index (χ0) is 48.2. The summed E-state index contributed by atoms with van der Waals surface area (Å²) >= 11 is 0. The lowest BCUT2D eigenvalue weighted by atomic mass is 9.81. The minimum absolute atomic E-state index is 0.0287. The Morgan fingerprint density at radius 1 is 0.631 bits per heavy atom. The summed E-state index contributed by atoms with van der Waals surface area (Å²) in [6, 6.07) is 6.75. The molecule has 346 valence electrons. The van der Waals surface area contributed by atoms with E-state index in [9.17, 15) is 58.8 Å². The number of fused-ring (bicyclic) bond motifs is 2. The summed E-state index contributed by atoms with van der Waals surface area (Å²) in [4.78, 5) is 95.6. The molecule has 0 saturated heterocycles. The highest BCUT2D eigenvalue weighted by molar-refractivity contribution is 6.04. The number of aliphatic carboxylic acids is 4. The maximum Gasteiger partial charge on any atom is 0.335 e. The number of unbranched alkanes of at least 4 members (excludes halogenated alkanes) is 2. The fraction of sp³-hybridized carbons (Fsp3) is 0.383. The molecule has 0 radical (unpaired) electrons. The van der Waals surface area contributed by atoms with Gasteiger partial charge in [-0.05, 0) is 75.1 Å². The summed E-state index contributed by atoms with van der Waals surface area (Å²) in [6.45, 7) is 8.80. The zero-order valence-electron chi connectivity index (χ0n) is 36.6. The first-order valence-electron chi connectivity index (χ1n) is 20.9. The quantitative estimate of drug-likeness (QED) is 0.0380. The average Bonchev–Trinajstić information content (AvgIpc) is 3.56. The highest BCUT2D eigenvalue weighted by atomic mass is 16.4. The normalized spacial score (nSPS) is 16.4. The van der Waals surface area contributed by atoms with Crippen LogP contribution < -0.4 is 15.5 Å². The summed E-state index contributed by atoms with van der Waals surface area (Å²) < 4.78 is 2.05. The molecule has 18 nitrogen and oxygen atoms in total. The van der Waals surface area contributed by atoms with Gasteiger partial charge in [-0.2, -0.15) is 4.58 Å². The highest BCUT2D eigenvalue weighted by Gasteiger charge is 2.45. The van der Waals surface area contributed by atoms with E-state index in [1.165, 1.54) is 12.1 Å². The molecule has 2 amide bonds. The van der Waals surface area contributed by atoms with Gasteiger partial charge in [0.05, 0.1) is 29.4 Å². The SMILES string of the molecule is CC1(C)C(/C=C/C=C/C=C/C=C2/N(CCCCC(=O)NC(CC(=O)O)C(=O)O)c3ccc(C(=O)O)cc3C2(C)C)=[N+](CCCCC(=O)NC(CC(=O)O)C(=O)O)c2ccc(C(=O)O)cc21. The van der Waals surface area contributed by atoms with E-state index in [1.54, 1.807) is 24.3 Å². The number of anilines is 1. The van der Waals surface area contributed by atoms with Crippen LogP contribution in [0.4, 0.5) is 11.4 Å². The predicted molar refractivity (Wildman–Crippen MR) is 237 cm³/mol. The number of amides is 2. The van der Waals surface area contributed by atoms with Gasteiger partial charge in [0, 0.05) is 60.3 Å². The van der Waals surface area contributed by atoms with Crippen LogP contribution in [-0.2, 0) is 39.6 Å². The van der Waals surface area contributed by atoms with E-state index in [1.807, 2.05) is 70.2 Å². The van der Waals surface area contributed by atoms with Gasteiger partial charge in [0.1, 0.15) is 18.6 Å². The molecule has 0 aromatic heterocycles. The Labute approximate surface area is 375 Å². The molecule has 0 aliphatic carbocycles. The number of rotatable bonds is 24. The van der Waals surface area contributed by atoms with E-state index in [2.05, 4.69) is 20.1 Å². The highest BCUT2D eigenvalue weighted by Crippen LogP contribution is 2.48. The fourth-order valence-electron chi connectivity index (χ4n) is 7.98. The third kappa shape index (κ3) is 12.9. The molecule has 18 heteroatoms. The Kier molecular flexibility index (Phi) is 16.9. The summed E-state index contributed by atoms with van der Waals surface area (Å²) in [5, 5.41) is 60.4. The number of allylic oxidation sites excluding steroid dienone is 8. The summed E-state index contributed by atoms with van der Waals surface area (Å²) in [6.07, 6.45) is 13.2. The number of hydrogen-bond acceptors (Lipinski definition) is 9. The maximum atomic E-state index is 12.5. The molecule has 0 bridgehead atoms. The minimum atomic E-state index is -1.54. The largest absolute Gasteiger partial charge is 0.481 e. The van der Waals surface area contributed by atoms with Crippen molar-refractivity contribution in [3.05, 3.63) is 107 Å². The van der Waals surface area contributed by atoms with Crippen LogP contribution in [0.1, 0.15) is 111 Å². The van der Waals surface area contributed by atoms with Crippen molar-refractivity contribution in [2.45, 2.75) is 102 Å². The Morgan fingerprint density at radius 2 is 1.14 bits per heavy atom. The van der Waals surface area contributed by atoms with Crippen molar-refractivity contribution in [3.63, 3.8) is 0 Å². The lowest BCUT2D eigenvalue weighted by molar-refractivity contribution is -0.438. The first kappa shape index (κ1) is 50.3. The molecule has 2 unspecified atom stereocenters. The summed E-state index contributed by atoms with van der Waals surface area (Å²) in [5.41, 5.74) is 3.97. The Balaban J connectivity index is 1.51. The second kappa shape index (κ2) is 21.8. The van der Waals surface area contributed by atoms with Crippen LogP contribution in [0.2, 0.25) is 0 Å². The minimum Gasteiger partial charge on any atom is -0.481 e. The molecule has 4 rings (SSSR count). The molecule has 2 aliphatic rings. The molecule has 2 aromatic rings. The van der Waals surface area contributed by atoms with Crippen LogP contribution in [0.3, 0.4) is 0 Å². The third-order valence-electron chi connectivity index (χ3n) is 11.3. The number of aromatic carboxylic acids is 2. The number of hydrogen-bond donors (Lipinski definition) is 8. The predicted octanol–water partition coefficient (Wildman–Crippen LogP) is 5.24. The fourth-order valence-corrected chi connectivity index (χ4v) is 7.98. The number of benzene rings is 2. The lowest BCUT2D eigenvalue weighted by Crippen LogP contribution is -2.42. The van der Waals surface area contributed by atoms with E-state index in [0.29, 0.717) is 38.8 Å². The third-order valence-corrected chi connectivity index (χ3v) is 11.3. The van der Waals surface area contributed by atoms with Gasteiger partial charge in [-0.25, -0.2) is 19.2 Å². The second-order valence-electron chi connectivity index (χ2n) is 16.7. The van der Waals surface area contributed by atoms with E-state index in [-0.39, 0.29) is 24.0 Å². The summed E-state index contributed by atoms with van der Waals surface area (Å²) in [7, 11) is 0. The number of nitrogens with one attached hydrogen (secondary N) is 2. The zero-order valence-corrected chi connectivity index (χ0v) is 36.6. The van der Waals surface area contributed by atoms with Crippen molar-refractivity contribution < 1.29 is 73.6 Å². The van der Waals surface area contributed by atoms with Gasteiger partial charge < -0.3 is 46.2 Å². The Morgan fingerprint density at radius 3 is 1.68 bits per heavy atom. The van der Waals surface area contributed by atoms with Gasteiger partial charge in [0.2, 0.25) is 17.5 Å². The summed E-state index contributed by atoms with van der Waals surface area (Å²) in [5.74, 6) is -8.90. The number of carbonyl (C=O) groups is 8. The number of nitrogens with zero attached hydrogens (tertiary/aromatic N) is 2. The molecule has 2 heterocycles. The van der Waals surface area contributed by atoms with Gasteiger partial charge in [-0.1, -0.05) is 44.2 Å². The molecule has 2 aromatic carbocycles. The van der Waals surface area contributed by atoms with E-state index in [4.69, 9.17) is 10.2 Å². The maximum absolute atomic E-state index is 12.5. The van der Waals surface area contributed by atoms with Crippen molar-refractivity contribution in [1.82, 2.24) is 10.6 Å². The van der Waals surface area contributed by atoms with Gasteiger partial charge in [-0.15, -0.1) is 0 Å². The molecular weight excluding hydrogens is 845 g/mol. The van der Waals surface area contributed by atoms with Crippen LogP contribution in [0, 0.1) is 0 Å². The molecule has 0 spiro atoms. The topological polar surface area (TPSA) is 288 Å². The van der Waals surface area contributed by atoms with Gasteiger partial charge in [-0.3, -0.25) is 19.2 Å². The van der Waals surface area contributed by atoms with E-state index < -0.39 is 83.4 Å². The van der Waals surface area contributed by atoms with Gasteiger partial charge >= 0.3 is 35.8 Å². The average molecular weight is 900 g/mol. The smallest absolute Gasteiger partial charge is 0.335 e. The van der Waals surface area contributed by atoms with Crippen LogP contribution >= 0.6 is 0 Å². The van der Waals surface area contributed by atoms with Gasteiger partial charge in [0.25, 0.3) is 0 Å². The lowest BCUT2D eigenvalue weighted by Gasteiger charge is -2.27. The van der Waals surface area contributed by atoms with Crippen molar-refractivity contribution in [2.24, 2.45) is 0 Å². The Bertz CT molecular complexity index is 2390. The molecule has 0 saturated carbocycles. The van der Waals surface area contributed by atoms with Crippen LogP contribution in [0.25, 0.3) is 0 Å². The Hall–Kier alpha value is -7.37. The molecule has 8 N–H and O–H groups in total. The second-order valence-corrected chi connectivity index (χ2v) is 16.7. The molecule has 65 heavy (non-hydrogen) atoms. The van der Waals surface area contributed by atoms with Crippen molar-refractivity contribution in [2.75, 3.05) is 18.0 Å². The van der Waals surface area contributed by atoms with E-state index in [0.717, 1.165) is 33.9 Å². The molecule has 2 aliphatic heterocycles. The van der Waals surface area contributed by atoms with Crippen molar-refractivity contribution in [3.8, 4) is 0 Å². The molecule has 0 fully saturated rings. The van der Waals surface area contributed by atoms with Crippen LogP contribution in [0.5, 0.6) is 0 Å². The number of carboxylic acids is 6. The monoisotopic (exact) mass is 899 g/mol. The standard InChI is InChI=1S/C47H54N4O14/c1-46(2)30-24-28(42(58)59)18-20-34(30)50(22-12-10-16-38(52)48-32(44(62)63)26-40(54)55)36(46)14-8-6-5-7-9-15-37-47(3,4)31-25-29(43(60)61)19-21-35(31)51(37)23-13-11-17-39(53)49-33(45(64)65)27-41(56)57/h5-9,14-15,18-21,24-25,32-33H,10-13,16-17,22-23,26-27H2,1-4H3,(H7-,48,49,52,53,54,55,56,57,58,59,60,61,62,63,64,65)/p+1. The number of carboxylic acid groups (broad SMARTS) is 6. The van der Waals surface area contributed by atoms with Crippen LogP contribution in [-0.4, -0.2) is 114 Å². The van der Waals surface area contributed by atoms with Gasteiger partial charge in [0.15, 0.2) is 5.71 Å². The van der Waals surface area contributed by atoms with Crippen molar-refractivity contribution >= 4 is 64.7 Å². The molecule has 2 atom stereocenters. The van der Waals surface area contributed by atoms with Crippen molar-refractivity contribution in [1.29, 1.82) is 0 Å². The first-order chi connectivity index (χ1) is 30.6. The molecular formula is C47H55N4O14+. The first-order valence-corrected chi connectivity index (χ1v) is 20.9.